The number of aromatic nitrogens is 2. The number of carbonyl (C=O) groups is 1. The van der Waals surface area contributed by atoms with Crippen LogP contribution in [0.25, 0.3) is 10.4 Å². The van der Waals surface area contributed by atoms with Crippen molar-refractivity contribution in [2.45, 2.75) is 0 Å². The van der Waals surface area contributed by atoms with Gasteiger partial charge in [0, 0.05) is 24.2 Å². The molecule has 0 atom stereocenters. The van der Waals surface area contributed by atoms with Crippen LogP contribution in [-0.2, 0) is 0 Å². The van der Waals surface area contributed by atoms with Gasteiger partial charge in [-0.1, -0.05) is 17.4 Å². The molecule has 2 N–H and O–H groups in total. The molecule has 0 saturated carbocycles. The third-order valence-corrected chi connectivity index (χ3v) is 2.63. The number of nitrogens with zero attached hydrogens (tertiary/aromatic N) is 2. The minimum absolute atomic E-state index is 0.362. The largest absolute Gasteiger partial charge is 0.465 e. The minimum atomic E-state index is -1.11. The number of hydrogen-bond acceptors (Lipinski definition) is 4. The highest BCUT2D eigenvalue weighted by Crippen LogP contribution is 2.27. The van der Waals surface area contributed by atoms with Crippen LogP contribution in [0, 0.1) is 0 Å². The second kappa shape index (κ2) is 4.05. The zero-order valence-electron chi connectivity index (χ0n) is 7.54. The van der Waals surface area contributed by atoms with Crippen LogP contribution in [0.15, 0.2) is 30.7 Å². The average Bonchev–Trinajstić information content (AvgIpc) is 2.67. The highest BCUT2D eigenvalue weighted by molar-refractivity contribution is 7.19. The molecule has 2 heterocycles. The van der Waals surface area contributed by atoms with Gasteiger partial charge in [-0.3, -0.25) is 10.3 Å². The summed E-state index contributed by atoms with van der Waals surface area (Å²) in [6.07, 6.45) is 3.90. The van der Waals surface area contributed by atoms with Crippen LogP contribution in [0.1, 0.15) is 0 Å². The topological polar surface area (TPSA) is 75.1 Å². The predicted octanol–water partition coefficient (Wildman–Crippen LogP) is 2.29. The number of amides is 1. The molecule has 0 unspecified atom stereocenters. The smallest absolute Gasteiger partial charge is 0.410 e. The van der Waals surface area contributed by atoms with Crippen LogP contribution < -0.4 is 5.32 Å². The van der Waals surface area contributed by atoms with Crippen molar-refractivity contribution in [2.75, 3.05) is 5.32 Å². The van der Waals surface area contributed by atoms with Crippen LogP contribution in [0.3, 0.4) is 0 Å². The zero-order valence-corrected chi connectivity index (χ0v) is 8.36. The summed E-state index contributed by atoms with van der Waals surface area (Å²) in [6, 6.07) is 3.71. The summed E-state index contributed by atoms with van der Waals surface area (Å²) in [5.74, 6) is 0. The first kappa shape index (κ1) is 9.60. The molecule has 0 spiro atoms. The van der Waals surface area contributed by atoms with Crippen molar-refractivity contribution < 1.29 is 9.90 Å². The molecule has 1 amide bonds. The number of hydrogen-bond donors (Lipinski definition) is 2. The summed E-state index contributed by atoms with van der Waals surface area (Å²) < 4.78 is 0. The SMILES string of the molecule is O=C(O)Nc1ncc(-c2cccnc2)s1. The summed E-state index contributed by atoms with van der Waals surface area (Å²) in [6.45, 7) is 0. The molecule has 76 valence electrons. The van der Waals surface area contributed by atoms with Crippen LogP contribution in [0.2, 0.25) is 0 Å². The maximum Gasteiger partial charge on any atom is 0.410 e. The van der Waals surface area contributed by atoms with Gasteiger partial charge < -0.3 is 5.11 Å². The molecular formula is C9H7N3O2S. The van der Waals surface area contributed by atoms with E-state index in [1.807, 2.05) is 12.1 Å². The summed E-state index contributed by atoms with van der Waals surface area (Å²) in [4.78, 5) is 19.1. The Morgan fingerprint density at radius 1 is 1.47 bits per heavy atom. The first-order valence-electron chi connectivity index (χ1n) is 4.12. The number of carboxylic acid groups (broad SMARTS) is 1. The van der Waals surface area contributed by atoms with Gasteiger partial charge in [-0.05, 0) is 6.07 Å². The Kier molecular flexibility index (Phi) is 2.59. The van der Waals surface area contributed by atoms with Crippen LogP contribution in [-0.4, -0.2) is 21.2 Å². The quantitative estimate of drug-likeness (QED) is 0.815. The number of pyridine rings is 1. The van der Waals surface area contributed by atoms with Gasteiger partial charge in [0.1, 0.15) is 0 Å². The molecule has 0 radical (unpaired) electrons. The van der Waals surface area contributed by atoms with Crippen molar-refractivity contribution in [1.29, 1.82) is 0 Å². The normalized spacial score (nSPS) is 9.87. The number of anilines is 1. The van der Waals surface area contributed by atoms with E-state index in [2.05, 4.69) is 15.3 Å². The monoisotopic (exact) mass is 221 g/mol. The standard InChI is InChI=1S/C9H7N3O2S/c13-9(14)12-8-11-5-7(15-8)6-2-1-3-10-4-6/h1-5H,(H,11,12)(H,13,14). The lowest BCUT2D eigenvalue weighted by molar-refractivity contribution is 0.209. The molecule has 0 saturated heterocycles. The average molecular weight is 221 g/mol. The second-order valence-electron chi connectivity index (χ2n) is 2.70. The van der Waals surface area contributed by atoms with Crippen molar-refractivity contribution in [3.8, 4) is 10.4 Å². The van der Waals surface area contributed by atoms with Gasteiger partial charge >= 0.3 is 6.09 Å². The van der Waals surface area contributed by atoms with Crippen molar-refractivity contribution >= 4 is 22.6 Å². The summed E-state index contributed by atoms with van der Waals surface area (Å²) >= 11 is 1.27. The lowest BCUT2D eigenvalue weighted by Gasteiger charge is -1.93. The fourth-order valence-corrected chi connectivity index (χ4v) is 1.86. The van der Waals surface area contributed by atoms with Gasteiger partial charge in [0.15, 0.2) is 5.13 Å². The minimum Gasteiger partial charge on any atom is -0.465 e. The Morgan fingerprint density at radius 3 is 3.00 bits per heavy atom. The van der Waals surface area contributed by atoms with E-state index in [0.29, 0.717) is 5.13 Å². The van der Waals surface area contributed by atoms with Crippen LogP contribution >= 0.6 is 11.3 Å². The summed E-state index contributed by atoms with van der Waals surface area (Å²) in [5, 5.41) is 11.1. The van der Waals surface area contributed by atoms with Gasteiger partial charge in [-0.15, -0.1) is 0 Å². The maximum atomic E-state index is 10.4. The number of rotatable bonds is 2. The van der Waals surface area contributed by atoms with Crippen molar-refractivity contribution in [3.05, 3.63) is 30.7 Å². The van der Waals surface area contributed by atoms with Crippen LogP contribution in [0.5, 0.6) is 0 Å². The molecular weight excluding hydrogens is 214 g/mol. The van der Waals surface area contributed by atoms with Crippen molar-refractivity contribution in [1.82, 2.24) is 9.97 Å². The zero-order chi connectivity index (χ0) is 10.7. The molecule has 0 aliphatic heterocycles. The molecule has 0 aromatic carbocycles. The molecule has 6 heteroatoms. The van der Waals surface area contributed by atoms with Gasteiger partial charge in [0.05, 0.1) is 4.88 Å². The third kappa shape index (κ3) is 2.29. The lowest BCUT2D eigenvalue weighted by atomic mass is 10.3. The van der Waals surface area contributed by atoms with E-state index in [4.69, 9.17) is 5.11 Å². The van der Waals surface area contributed by atoms with Gasteiger partial charge in [-0.2, -0.15) is 0 Å². The summed E-state index contributed by atoms with van der Waals surface area (Å²) in [5.41, 5.74) is 0.924. The Bertz CT molecular complexity index is 469. The lowest BCUT2D eigenvalue weighted by Crippen LogP contribution is -2.06. The predicted molar refractivity (Wildman–Crippen MR) is 57.0 cm³/mol. The fraction of sp³-hybridized carbons (Fsp3) is 0. The Balaban J connectivity index is 2.24. The van der Waals surface area contributed by atoms with E-state index >= 15 is 0 Å². The van der Waals surface area contributed by atoms with E-state index in [0.717, 1.165) is 10.4 Å². The molecule has 0 aliphatic carbocycles. The Labute approximate surface area is 89.4 Å². The maximum absolute atomic E-state index is 10.4. The Morgan fingerprint density at radius 2 is 2.33 bits per heavy atom. The highest BCUT2D eigenvalue weighted by atomic mass is 32.1. The number of thiazole rings is 1. The van der Waals surface area contributed by atoms with E-state index in [1.165, 1.54) is 11.3 Å². The van der Waals surface area contributed by atoms with Gasteiger partial charge in [0.25, 0.3) is 0 Å². The molecule has 2 rings (SSSR count). The molecule has 0 fully saturated rings. The van der Waals surface area contributed by atoms with Gasteiger partial charge in [-0.25, -0.2) is 9.78 Å². The second-order valence-corrected chi connectivity index (χ2v) is 3.73. The molecule has 5 nitrogen and oxygen atoms in total. The Hall–Kier alpha value is -1.95. The molecule has 2 aromatic heterocycles. The highest BCUT2D eigenvalue weighted by Gasteiger charge is 2.05. The van der Waals surface area contributed by atoms with Crippen molar-refractivity contribution in [3.63, 3.8) is 0 Å². The van der Waals surface area contributed by atoms with E-state index < -0.39 is 6.09 Å². The first-order chi connectivity index (χ1) is 7.25. The summed E-state index contributed by atoms with van der Waals surface area (Å²) in [7, 11) is 0. The fourth-order valence-electron chi connectivity index (χ4n) is 1.07. The van der Waals surface area contributed by atoms with Crippen molar-refractivity contribution in [2.24, 2.45) is 0 Å². The van der Waals surface area contributed by atoms with E-state index in [-0.39, 0.29) is 0 Å². The van der Waals surface area contributed by atoms with E-state index in [1.54, 1.807) is 18.6 Å². The molecule has 2 aromatic rings. The van der Waals surface area contributed by atoms with Crippen LogP contribution in [0.4, 0.5) is 9.93 Å². The third-order valence-electron chi connectivity index (χ3n) is 1.67. The number of nitrogens with one attached hydrogen (secondary N) is 1. The van der Waals surface area contributed by atoms with Gasteiger partial charge in [0.2, 0.25) is 0 Å². The molecule has 15 heavy (non-hydrogen) atoms. The van der Waals surface area contributed by atoms with E-state index in [9.17, 15) is 4.79 Å². The molecule has 0 aliphatic rings. The first-order valence-corrected chi connectivity index (χ1v) is 4.93. The molecule has 0 bridgehead atoms.